The summed E-state index contributed by atoms with van der Waals surface area (Å²) in [4.78, 5) is 30.9. The van der Waals surface area contributed by atoms with E-state index < -0.39 is 18.6 Å². The number of anilines is 2. The first-order chi connectivity index (χ1) is 13.1. The van der Waals surface area contributed by atoms with E-state index in [1.165, 1.54) is 17.2 Å². The maximum Gasteiger partial charge on any atom is 0.406 e. The number of carbonyl (C=O) groups is 2. The van der Waals surface area contributed by atoms with E-state index in [4.69, 9.17) is 4.52 Å². The molecule has 0 bridgehead atoms. The van der Waals surface area contributed by atoms with E-state index in [9.17, 15) is 22.8 Å². The summed E-state index contributed by atoms with van der Waals surface area (Å²) in [5.74, 6) is -0.206. The van der Waals surface area contributed by atoms with Crippen molar-refractivity contribution in [1.29, 1.82) is 0 Å². The Kier molecular flexibility index (Phi) is 5.01. The molecule has 0 saturated heterocycles. The van der Waals surface area contributed by atoms with Crippen LogP contribution in [0.1, 0.15) is 27.4 Å². The van der Waals surface area contributed by atoms with Crippen LogP contribution in [0, 0.1) is 13.8 Å². The predicted molar refractivity (Wildman–Crippen MR) is 92.9 cm³/mol. The highest BCUT2D eigenvalue weighted by atomic mass is 19.4. The van der Waals surface area contributed by atoms with Crippen LogP contribution in [-0.4, -0.2) is 53.2 Å². The van der Waals surface area contributed by atoms with Crippen LogP contribution in [0.5, 0.6) is 0 Å². The topological polar surface area (TPSA) is 91.6 Å². The van der Waals surface area contributed by atoms with E-state index in [1.54, 1.807) is 13.8 Å². The zero-order valence-corrected chi connectivity index (χ0v) is 15.4. The van der Waals surface area contributed by atoms with Gasteiger partial charge < -0.3 is 19.6 Å². The molecular weight excluding hydrogens is 379 g/mol. The van der Waals surface area contributed by atoms with Gasteiger partial charge >= 0.3 is 6.18 Å². The van der Waals surface area contributed by atoms with Gasteiger partial charge in [-0.2, -0.15) is 13.2 Å². The number of carbonyl (C=O) groups excluding carboxylic acids is 2. The molecule has 28 heavy (non-hydrogen) atoms. The summed E-state index contributed by atoms with van der Waals surface area (Å²) in [6.45, 7) is 2.22. The third-order valence-corrected chi connectivity index (χ3v) is 4.37. The third-order valence-electron chi connectivity index (χ3n) is 4.37. The fraction of sp³-hybridized carbons (Fsp3) is 0.412. The smallest absolute Gasteiger partial charge is 0.361 e. The number of halogens is 3. The zero-order chi connectivity index (χ0) is 20.6. The predicted octanol–water partition coefficient (Wildman–Crippen LogP) is 2.28. The summed E-state index contributed by atoms with van der Waals surface area (Å²) in [6.07, 6.45) is -3.33. The Bertz CT molecular complexity index is 906. The summed E-state index contributed by atoms with van der Waals surface area (Å²) in [7, 11) is 1.06. The van der Waals surface area contributed by atoms with Crippen LogP contribution in [0.4, 0.5) is 24.7 Å². The van der Waals surface area contributed by atoms with Gasteiger partial charge in [0, 0.05) is 18.8 Å². The van der Waals surface area contributed by atoms with Gasteiger partial charge in [0.1, 0.15) is 12.3 Å². The van der Waals surface area contributed by atoms with E-state index >= 15 is 0 Å². The molecule has 3 heterocycles. The normalized spacial score (nSPS) is 13.9. The van der Waals surface area contributed by atoms with Gasteiger partial charge in [-0.1, -0.05) is 5.16 Å². The minimum absolute atomic E-state index is 0.00461. The van der Waals surface area contributed by atoms with Crippen LogP contribution in [-0.2, 0) is 11.3 Å². The molecule has 11 heteroatoms. The van der Waals surface area contributed by atoms with Crippen molar-refractivity contribution in [2.24, 2.45) is 0 Å². The van der Waals surface area contributed by atoms with Crippen molar-refractivity contribution in [3.05, 3.63) is 34.8 Å². The molecule has 1 N–H and O–H groups in total. The molecule has 0 atom stereocenters. The molecule has 150 valence electrons. The highest BCUT2D eigenvalue weighted by Gasteiger charge is 2.33. The van der Waals surface area contributed by atoms with Crippen molar-refractivity contribution >= 4 is 23.3 Å². The summed E-state index contributed by atoms with van der Waals surface area (Å²) >= 11 is 0. The van der Waals surface area contributed by atoms with Gasteiger partial charge in [-0.05, 0) is 19.9 Å². The first kappa shape index (κ1) is 19.6. The molecule has 2 aromatic rings. The summed E-state index contributed by atoms with van der Waals surface area (Å²) in [5, 5.41) is 6.69. The molecule has 1 aliphatic rings. The molecule has 3 rings (SSSR count). The van der Waals surface area contributed by atoms with Crippen molar-refractivity contribution in [3.63, 3.8) is 0 Å². The molecule has 0 unspecified atom stereocenters. The molecule has 2 aromatic heterocycles. The molecule has 0 fully saturated rings. The number of alkyl halides is 3. The van der Waals surface area contributed by atoms with E-state index in [0.717, 1.165) is 7.05 Å². The molecule has 0 aromatic carbocycles. The zero-order valence-electron chi connectivity index (χ0n) is 15.4. The second-order valence-corrected chi connectivity index (χ2v) is 6.50. The van der Waals surface area contributed by atoms with Crippen LogP contribution >= 0.6 is 0 Å². The van der Waals surface area contributed by atoms with Crippen molar-refractivity contribution in [1.82, 2.24) is 15.0 Å². The highest BCUT2D eigenvalue weighted by Crippen LogP contribution is 2.31. The molecule has 2 amide bonds. The molecule has 0 radical (unpaired) electrons. The number of aromatic nitrogens is 2. The van der Waals surface area contributed by atoms with E-state index in [0.29, 0.717) is 33.4 Å². The van der Waals surface area contributed by atoms with Gasteiger partial charge in [0.05, 0.1) is 30.0 Å². The second kappa shape index (κ2) is 7.13. The Labute approximate surface area is 158 Å². The first-order valence-electron chi connectivity index (χ1n) is 8.35. The van der Waals surface area contributed by atoms with Crippen LogP contribution in [0.2, 0.25) is 0 Å². The Morgan fingerprint density at radius 3 is 2.71 bits per heavy atom. The lowest BCUT2D eigenvalue weighted by Gasteiger charge is -2.30. The fourth-order valence-corrected chi connectivity index (χ4v) is 2.92. The summed E-state index contributed by atoms with van der Waals surface area (Å²) in [5.41, 5.74) is 1.59. The molecule has 0 aliphatic carbocycles. The monoisotopic (exact) mass is 397 g/mol. The maximum atomic E-state index is 12.6. The third kappa shape index (κ3) is 3.92. The number of nitrogens with one attached hydrogen (secondary N) is 1. The minimum Gasteiger partial charge on any atom is -0.361 e. The first-order valence-corrected chi connectivity index (χ1v) is 8.35. The number of hydrogen-bond donors (Lipinski definition) is 1. The van der Waals surface area contributed by atoms with Crippen molar-refractivity contribution in [2.75, 3.05) is 30.4 Å². The SMILES string of the molecule is Cc1noc(C)c1CN1C(=O)CNc2ncc(C(=O)N(C)CC(F)(F)F)cc21. The molecule has 0 saturated carbocycles. The highest BCUT2D eigenvalue weighted by molar-refractivity contribution is 6.04. The van der Waals surface area contributed by atoms with Crippen LogP contribution in [0.3, 0.4) is 0 Å². The van der Waals surface area contributed by atoms with Crippen LogP contribution in [0.15, 0.2) is 16.8 Å². The molecule has 1 aliphatic heterocycles. The summed E-state index contributed by atoms with van der Waals surface area (Å²) in [6, 6.07) is 1.36. The number of nitrogens with zero attached hydrogens (tertiary/aromatic N) is 4. The second-order valence-electron chi connectivity index (χ2n) is 6.50. The largest absolute Gasteiger partial charge is 0.406 e. The number of aryl methyl sites for hydroxylation is 2. The van der Waals surface area contributed by atoms with Gasteiger partial charge in [-0.25, -0.2) is 4.98 Å². The Morgan fingerprint density at radius 1 is 1.39 bits per heavy atom. The number of amides is 2. The average molecular weight is 397 g/mol. The summed E-state index contributed by atoms with van der Waals surface area (Å²) < 4.78 is 42.8. The van der Waals surface area contributed by atoms with E-state index in [2.05, 4.69) is 15.5 Å². The quantitative estimate of drug-likeness (QED) is 0.851. The number of hydrogen-bond acceptors (Lipinski definition) is 6. The number of fused-ring (bicyclic) bond motifs is 1. The standard InChI is InChI=1S/C17H18F3N5O3/c1-9-12(10(2)28-23-9)7-25-13-4-11(5-21-15(13)22-6-14(25)26)16(27)24(3)8-17(18,19)20/h4-5H,6-8H2,1-3H3,(H,21,22). The van der Waals surface area contributed by atoms with E-state index in [-0.39, 0.29) is 24.6 Å². The van der Waals surface area contributed by atoms with Crippen LogP contribution in [0.25, 0.3) is 0 Å². The maximum absolute atomic E-state index is 12.6. The minimum atomic E-state index is -4.51. The Balaban J connectivity index is 1.93. The van der Waals surface area contributed by atoms with Crippen molar-refractivity contribution in [2.45, 2.75) is 26.6 Å². The molecule has 8 nitrogen and oxygen atoms in total. The van der Waals surface area contributed by atoms with Gasteiger partial charge in [-0.15, -0.1) is 0 Å². The number of pyridine rings is 1. The van der Waals surface area contributed by atoms with Gasteiger partial charge in [-0.3, -0.25) is 9.59 Å². The molecular formula is C17H18F3N5O3. The van der Waals surface area contributed by atoms with Crippen LogP contribution < -0.4 is 10.2 Å². The van der Waals surface area contributed by atoms with Crippen molar-refractivity contribution < 1.29 is 27.3 Å². The van der Waals surface area contributed by atoms with Gasteiger partial charge in [0.2, 0.25) is 5.91 Å². The Morgan fingerprint density at radius 2 is 2.11 bits per heavy atom. The van der Waals surface area contributed by atoms with Gasteiger partial charge in [0.15, 0.2) is 5.82 Å². The van der Waals surface area contributed by atoms with Crippen molar-refractivity contribution in [3.8, 4) is 0 Å². The Hall–Kier alpha value is -3.11. The average Bonchev–Trinajstić information content (AvgIpc) is 2.93. The number of rotatable bonds is 4. The lowest BCUT2D eigenvalue weighted by atomic mass is 10.1. The molecule has 0 spiro atoms. The lowest BCUT2D eigenvalue weighted by molar-refractivity contribution is -0.138. The van der Waals surface area contributed by atoms with E-state index in [1.807, 2.05) is 0 Å². The van der Waals surface area contributed by atoms with Gasteiger partial charge in [0.25, 0.3) is 5.91 Å². The fourth-order valence-electron chi connectivity index (χ4n) is 2.92. The lowest BCUT2D eigenvalue weighted by Crippen LogP contribution is -2.40.